The van der Waals surface area contributed by atoms with Crippen molar-refractivity contribution in [1.82, 2.24) is 5.32 Å². The van der Waals surface area contributed by atoms with Crippen LogP contribution in [0.4, 0.5) is 0 Å². The second kappa shape index (κ2) is 5.08. The maximum absolute atomic E-state index is 9.66. The molecule has 0 radical (unpaired) electrons. The highest BCUT2D eigenvalue weighted by Gasteiger charge is 1.97. The van der Waals surface area contributed by atoms with E-state index < -0.39 is 0 Å². The van der Waals surface area contributed by atoms with Gasteiger partial charge in [-0.1, -0.05) is 0 Å². The molecule has 0 aromatic rings. The first-order chi connectivity index (χ1) is 4.31. The third-order valence-electron chi connectivity index (χ3n) is 0.777. The quantitative estimate of drug-likeness (QED) is 0.501. The minimum atomic E-state index is -0.243. The topological polar surface area (TPSA) is 55.4 Å². The minimum Gasteiger partial charge on any atom is -0.463 e. The van der Waals surface area contributed by atoms with Crippen LogP contribution in [0.1, 0.15) is 6.92 Å². The van der Waals surface area contributed by atoms with Gasteiger partial charge in [0.25, 0.3) is 6.47 Å². The normalized spacial score (nSPS) is 11.7. The smallest absolute Gasteiger partial charge is 0.293 e. The average Bonchev–Trinajstić information content (AvgIpc) is 1.85. The van der Waals surface area contributed by atoms with Gasteiger partial charge in [-0.3, -0.25) is 9.59 Å². The number of carbonyl (C=O) groups is 2. The van der Waals surface area contributed by atoms with Crippen molar-refractivity contribution in [3.63, 3.8) is 0 Å². The summed E-state index contributed by atoms with van der Waals surface area (Å²) in [5.41, 5.74) is 0. The van der Waals surface area contributed by atoms with Crippen LogP contribution in [-0.4, -0.2) is 25.5 Å². The first kappa shape index (κ1) is 7.94. The molecular weight excluding hydrogens is 122 g/mol. The van der Waals surface area contributed by atoms with Gasteiger partial charge in [-0.2, -0.15) is 0 Å². The van der Waals surface area contributed by atoms with Crippen molar-refractivity contribution in [2.45, 2.75) is 13.0 Å². The number of carbonyl (C=O) groups excluding carboxylic acids is 2. The van der Waals surface area contributed by atoms with Crippen molar-refractivity contribution >= 4 is 12.9 Å². The largest absolute Gasteiger partial charge is 0.463 e. The molecule has 4 heteroatoms. The van der Waals surface area contributed by atoms with Gasteiger partial charge in [0.05, 0.1) is 6.54 Å². The van der Waals surface area contributed by atoms with Crippen LogP contribution >= 0.6 is 0 Å². The van der Waals surface area contributed by atoms with E-state index in [2.05, 4.69) is 10.1 Å². The van der Waals surface area contributed by atoms with E-state index in [1.807, 2.05) is 0 Å². The van der Waals surface area contributed by atoms with E-state index in [1.54, 1.807) is 6.92 Å². The molecule has 0 aromatic carbocycles. The van der Waals surface area contributed by atoms with Gasteiger partial charge in [-0.15, -0.1) is 0 Å². The zero-order chi connectivity index (χ0) is 7.11. The van der Waals surface area contributed by atoms with E-state index in [0.717, 1.165) is 0 Å². The van der Waals surface area contributed by atoms with Gasteiger partial charge in [-0.25, -0.2) is 0 Å². The highest BCUT2D eigenvalue weighted by Crippen LogP contribution is 1.81. The lowest BCUT2D eigenvalue weighted by molar-refractivity contribution is -0.133. The molecule has 0 aliphatic heterocycles. The summed E-state index contributed by atoms with van der Waals surface area (Å²) in [6.45, 7) is 2.41. The maximum atomic E-state index is 9.66. The Morgan fingerprint density at radius 1 is 1.67 bits per heavy atom. The lowest BCUT2D eigenvalue weighted by Gasteiger charge is -2.06. The van der Waals surface area contributed by atoms with Gasteiger partial charge in [0.15, 0.2) is 0 Å². The predicted molar refractivity (Wildman–Crippen MR) is 30.7 cm³/mol. The zero-order valence-corrected chi connectivity index (χ0v) is 5.16. The maximum Gasteiger partial charge on any atom is 0.293 e. The molecule has 1 amide bonds. The fraction of sp³-hybridized carbons (Fsp3) is 0.600. The minimum absolute atomic E-state index is 0.243. The number of hydrogen-bond acceptors (Lipinski definition) is 3. The van der Waals surface area contributed by atoms with Gasteiger partial charge in [0.2, 0.25) is 6.41 Å². The highest BCUT2D eigenvalue weighted by atomic mass is 16.5. The second-order valence-corrected chi connectivity index (χ2v) is 1.57. The van der Waals surface area contributed by atoms with Crippen molar-refractivity contribution in [3.05, 3.63) is 0 Å². The predicted octanol–water partition coefficient (Wildman–Crippen LogP) is -0.706. The molecule has 0 heterocycles. The van der Waals surface area contributed by atoms with E-state index in [-0.39, 0.29) is 6.10 Å². The first-order valence-corrected chi connectivity index (χ1v) is 2.57. The van der Waals surface area contributed by atoms with Gasteiger partial charge in [0, 0.05) is 0 Å². The summed E-state index contributed by atoms with van der Waals surface area (Å²) >= 11 is 0. The molecule has 1 N–H and O–H groups in total. The standard InChI is InChI=1S/C5H9NO3/c1-5(9-4-8)2-6-3-7/h3-5H,2H2,1H3,(H,6,7). The molecular formula is C5H9NO3. The van der Waals surface area contributed by atoms with E-state index >= 15 is 0 Å². The Labute approximate surface area is 53.2 Å². The van der Waals surface area contributed by atoms with Crippen LogP contribution in [0.3, 0.4) is 0 Å². The van der Waals surface area contributed by atoms with Crippen LogP contribution < -0.4 is 5.32 Å². The van der Waals surface area contributed by atoms with Gasteiger partial charge in [0.1, 0.15) is 6.10 Å². The molecule has 0 aliphatic carbocycles. The SMILES string of the molecule is CC(CNC=O)OC=O. The molecule has 4 nitrogen and oxygen atoms in total. The highest BCUT2D eigenvalue weighted by molar-refractivity contribution is 5.46. The third-order valence-corrected chi connectivity index (χ3v) is 0.777. The fourth-order valence-electron chi connectivity index (χ4n) is 0.357. The Kier molecular flexibility index (Phi) is 4.49. The van der Waals surface area contributed by atoms with Gasteiger partial charge >= 0.3 is 0 Å². The number of ether oxygens (including phenoxy) is 1. The molecule has 0 saturated heterocycles. The summed E-state index contributed by atoms with van der Waals surface area (Å²) in [6, 6.07) is 0. The van der Waals surface area contributed by atoms with Crippen LogP contribution in [0.5, 0.6) is 0 Å². The summed E-state index contributed by atoms with van der Waals surface area (Å²) in [7, 11) is 0. The number of rotatable bonds is 5. The van der Waals surface area contributed by atoms with Crippen LogP contribution in [0.25, 0.3) is 0 Å². The van der Waals surface area contributed by atoms with E-state index in [4.69, 9.17) is 0 Å². The van der Waals surface area contributed by atoms with Crippen molar-refractivity contribution in [3.8, 4) is 0 Å². The Balaban J connectivity index is 3.14. The van der Waals surface area contributed by atoms with Crippen LogP contribution in [0.2, 0.25) is 0 Å². The molecule has 0 spiro atoms. The monoisotopic (exact) mass is 131 g/mol. The molecule has 0 bridgehead atoms. The lowest BCUT2D eigenvalue weighted by atomic mass is 10.4. The molecule has 0 fully saturated rings. The number of nitrogens with one attached hydrogen (secondary N) is 1. The number of hydrogen-bond donors (Lipinski definition) is 1. The summed E-state index contributed by atoms with van der Waals surface area (Å²) in [5.74, 6) is 0. The summed E-state index contributed by atoms with van der Waals surface area (Å²) < 4.78 is 4.44. The fourth-order valence-corrected chi connectivity index (χ4v) is 0.357. The average molecular weight is 131 g/mol. The van der Waals surface area contributed by atoms with Gasteiger partial charge < -0.3 is 10.1 Å². The Morgan fingerprint density at radius 2 is 2.33 bits per heavy atom. The Hall–Kier alpha value is -1.06. The van der Waals surface area contributed by atoms with Crippen LogP contribution in [0.15, 0.2) is 0 Å². The molecule has 0 saturated carbocycles. The van der Waals surface area contributed by atoms with E-state index in [9.17, 15) is 9.59 Å². The van der Waals surface area contributed by atoms with Crippen molar-refractivity contribution in [2.75, 3.05) is 6.54 Å². The Bertz CT molecular complexity index is 94.2. The molecule has 0 aliphatic rings. The molecule has 52 valence electrons. The zero-order valence-electron chi connectivity index (χ0n) is 5.16. The first-order valence-electron chi connectivity index (χ1n) is 2.57. The molecule has 0 aromatic heterocycles. The summed E-state index contributed by atoms with van der Waals surface area (Å²) in [5, 5.41) is 2.37. The third kappa shape index (κ3) is 4.80. The van der Waals surface area contributed by atoms with Crippen LogP contribution in [-0.2, 0) is 14.3 Å². The van der Waals surface area contributed by atoms with Gasteiger partial charge in [-0.05, 0) is 6.92 Å². The van der Waals surface area contributed by atoms with Crippen LogP contribution in [0, 0.1) is 0 Å². The number of amides is 1. The van der Waals surface area contributed by atoms with E-state index in [0.29, 0.717) is 19.4 Å². The molecule has 1 atom stereocenters. The van der Waals surface area contributed by atoms with Crippen molar-refractivity contribution < 1.29 is 14.3 Å². The summed E-state index contributed by atoms with van der Waals surface area (Å²) in [4.78, 5) is 19.3. The van der Waals surface area contributed by atoms with E-state index in [1.165, 1.54) is 0 Å². The molecule has 1 unspecified atom stereocenters. The van der Waals surface area contributed by atoms with Crippen molar-refractivity contribution in [1.29, 1.82) is 0 Å². The Morgan fingerprint density at radius 3 is 2.78 bits per heavy atom. The summed E-state index contributed by atoms with van der Waals surface area (Å²) in [6.07, 6.45) is 0.317. The molecule has 0 rings (SSSR count). The second-order valence-electron chi connectivity index (χ2n) is 1.57. The van der Waals surface area contributed by atoms with Crippen molar-refractivity contribution in [2.24, 2.45) is 0 Å². The lowest BCUT2D eigenvalue weighted by Crippen LogP contribution is -2.25. The molecule has 9 heavy (non-hydrogen) atoms.